The van der Waals surface area contributed by atoms with E-state index in [4.69, 9.17) is 9.73 Å². The minimum atomic E-state index is 0.499. The first-order valence-electron chi connectivity index (χ1n) is 9.38. The van der Waals surface area contributed by atoms with Crippen molar-refractivity contribution in [1.29, 1.82) is 0 Å². The first-order chi connectivity index (χ1) is 12.2. The number of aliphatic imine (C=N–C) groups is 1. The Labute approximate surface area is 152 Å². The van der Waals surface area contributed by atoms with Gasteiger partial charge in [0.2, 0.25) is 0 Å². The highest BCUT2D eigenvalue weighted by Crippen LogP contribution is 2.10. The summed E-state index contributed by atoms with van der Waals surface area (Å²) in [6.07, 6.45) is 7.02. The van der Waals surface area contributed by atoms with Crippen LogP contribution in [0.3, 0.4) is 0 Å². The number of rotatable bonds is 8. The van der Waals surface area contributed by atoms with Crippen LogP contribution in [0.1, 0.15) is 30.9 Å². The molecular formula is C19H33N5O. The number of hydrogen-bond donors (Lipinski definition) is 2. The molecule has 0 radical (unpaired) electrons. The normalized spacial score (nSPS) is 16.8. The molecule has 1 aliphatic rings. The van der Waals surface area contributed by atoms with Crippen molar-refractivity contribution in [1.82, 2.24) is 20.5 Å². The van der Waals surface area contributed by atoms with Crippen LogP contribution in [-0.2, 0) is 11.2 Å². The summed E-state index contributed by atoms with van der Waals surface area (Å²) in [5.74, 6) is 0.935. The first kappa shape index (κ1) is 19.7. The van der Waals surface area contributed by atoms with Crippen LogP contribution < -0.4 is 10.6 Å². The fourth-order valence-corrected chi connectivity index (χ4v) is 3.11. The summed E-state index contributed by atoms with van der Waals surface area (Å²) in [5.41, 5.74) is 2.56. The van der Waals surface area contributed by atoms with Gasteiger partial charge in [0.25, 0.3) is 0 Å². The summed E-state index contributed by atoms with van der Waals surface area (Å²) in [6, 6.07) is 2.58. The van der Waals surface area contributed by atoms with Crippen LogP contribution >= 0.6 is 0 Å². The van der Waals surface area contributed by atoms with E-state index in [-0.39, 0.29) is 0 Å². The van der Waals surface area contributed by atoms with Crippen LogP contribution in [0.4, 0.5) is 0 Å². The van der Waals surface area contributed by atoms with Gasteiger partial charge in [-0.05, 0) is 50.3 Å². The number of methoxy groups -OCH3 is 1. The largest absolute Gasteiger partial charge is 0.383 e. The van der Waals surface area contributed by atoms with E-state index < -0.39 is 0 Å². The topological polar surface area (TPSA) is 61.8 Å². The molecule has 1 fully saturated rings. The number of aryl methyl sites for hydroxylation is 1. The lowest BCUT2D eigenvalue weighted by Gasteiger charge is -2.32. The van der Waals surface area contributed by atoms with Gasteiger partial charge in [0.1, 0.15) is 0 Å². The van der Waals surface area contributed by atoms with Gasteiger partial charge in [-0.25, -0.2) is 0 Å². The molecule has 6 nitrogen and oxygen atoms in total. The molecule has 1 aromatic heterocycles. The maximum absolute atomic E-state index is 5.17. The predicted octanol–water partition coefficient (Wildman–Crippen LogP) is 1.60. The van der Waals surface area contributed by atoms with Crippen molar-refractivity contribution in [3.8, 4) is 0 Å². The number of likely N-dealkylation sites (tertiary alicyclic amines) is 1. The SMILES string of the molecule is CCNC(=NCCc1ccncc1C)NC1CCN(CCOC)CC1. The standard InChI is InChI=1S/C19H33N5O/c1-4-21-19(22-10-6-17-5-9-20-15-16(17)2)23-18-7-11-24(12-8-18)13-14-25-3/h5,9,15,18H,4,6-8,10-14H2,1-3H3,(H2,21,22,23). The van der Waals surface area contributed by atoms with Gasteiger partial charge < -0.3 is 20.3 Å². The maximum Gasteiger partial charge on any atom is 0.191 e. The summed E-state index contributed by atoms with van der Waals surface area (Å²) in [6.45, 7) is 9.97. The number of guanidine groups is 1. The van der Waals surface area contributed by atoms with E-state index in [9.17, 15) is 0 Å². The second-order valence-electron chi connectivity index (χ2n) is 6.57. The minimum Gasteiger partial charge on any atom is -0.383 e. The van der Waals surface area contributed by atoms with Gasteiger partial charge in [-0.15, -0.1) is 0 Å². The van der Waals surface area contributed by atoms with Crippen molar-refractivity contribution in [3.63, 3.8) is 0 Å². The Morgan fingerprint density at radius 3 is 2.88 bits per heavy atom. The summed E-state index contributed by atoms with van der Waals surface area (Å²) in [5, 5.41) is 6.97. The molecule has 0 atom stereocenters. The molecule has 1 saturated heterocycles. The number of aromatic nitrogens is 1. The maximum atomic E-state index is 5.17. The van der Waals surface area contributed by atoms with E-state index in [1.54, 1.807) is 7.11 Å². The van der Waals surface area contributed by atoms with E-state index in [1.807, 2.05) is 12.4 Å². The monoisotopic (exact) mass is 347 g/mol. The quantitative estimate of drug-likeness (QED) is 0.552. The van der Waals surface area contributed by atoms with Gasteiger partial charge in [0.15, 0.2) is 5.96 Å². The molecule has 6 heteroatoms. The Kier molecular flexibility index (Phi) is 8.69. The van der Waals surface area contributed by atoms with Crippen LogP contribution in [0.5, 0.6) is 0 Å². The van der Waals surface area contributed by atoms with Gasteiger partial charge in [0, 0.05) is 58.3 Å². The summed E-state index contributed by atoms with van der Waals surface area (Å²) in [4.78, 5) is 11.4. The van der Waals surface area contributed by atoms with E-state index in [0.717, 1.165) is 64.6 Å². The molecule has 0 aromatic carbocycles. The molecular weight excluding hydrogens is 314 g/mol. The van der Waals surface area contributed by atoms with Crippen LogP contribution in [-0.4, -0.2) is 68.3 Å². The third-order valence-electron chi connectivity index (χ3n) is 4.67. The zero-order valence-electron chi connectivity index (χ0n) is 15.9. The molecule has 2 heterocycles. The van der Waals surface area contributed by atoms with E-state index in [2.05, 4.69) is 40.4 Å². The average molecular weight is 348 g/mol. The lowest BCUT2D eigenvalue weighted by atomic mass is 10.1. The zero-order chi connectivity index (χ0) is 17.9. The lowest BCUT2D eigenvalue weighted by Crippen LogP contribution is -2.49. The third kappa shape index (κ3) is 7.00. The van der Waals surface area contributed by atoms with Crippen molar-refractivity contribution < 1.29 is 4.74 Å². The molecule has 0 spiro atoms. The molecule has 2 rings (SSSR count). The molecule has 25 heavy (non-hydrogen) atoms. The Morgan fingerprint density at radius 2 is 2.20 bits per heavy atom. The van der Waals surface area contributed by atoms with Crippen LogP contribution in [0.2, 0.25) is 0 Å². The minimum absolute atomic E-state index is 0.499. The van der Waals surface area contributed by atoms with Crippen molar-refractivity contribution in [3.05, 3.63) is 29.6 Å². The Hall–Kier alpha value is -1.66. The number of piperidine rings is 1. The highest BCUT2D eigenvalue weighted by Gasteiger charge is 2.19. The fraction of sp³-hybridized carbons (Fsp3) is 0.684. The van der Waals surface area contributed by atoms with Crippen molar-refractivity contribution in [2.24, 2.45) is 4.99 Å². The second-order valence-corrected chi connectivity index (χ2v) is 6.57. The van der Waals surface area contributed by atoms with Crippen LogP contribution in [0, 0.1) is 6.92 Å². The average Bonchev–Trinajstić information content (AvgIpc) is 2.63. The van der Waals surface area contributed by atoms with E-state index >= 15 is 0 Å². The van der Waals surface area contributed by atoms with Gasteiger partial charge in [-0.2, -0.15) is 0 Å². The molecule has 0 saturated carbocycles. The zero-order valence-corrected chi connectivity index (χ0v) is 15.9. The Morgan fingerprint density at radius 1 is 1.40 bits per heavy atom. The van der Waals surface area contributed by atoms with Crippen molar-refractivity contribution in [2.75, 3.05) is 46.4 Å². The molecule has 1 aromatic rings. The molecule has 140 valence electrons. The molecule has 0 unspecified atom stereocenters. The van der Waals surface area contributed by atoms with E-state index in [1.165, 1.54) is 11.1 Å². The molecule has 1 aliphatic heterocycles. The van der Waals surface area contributed by atoms with Gasteiger partial charge in [-0.1, -0.05) is 0 Å². The summed E-state index contributed by atoms with van der Waals surface area (Å²) in [7, 11) is 1.76. The Balaban J connectivity index is 1.79. The number of hydrogen-bond acceptors (Lipinski definition) is 4. The van der Waals surface area contributed by atoms with Gasteiger partial charge in [0.05, 0.1) is 6.61 Å². The highest BCUT2D eigenvalue weighted by atomic mass is 16.5. The summed E-state index contributed by atoms with van der Waals surface area (Å²) >= 11 is 0. The Bertz CT molecular complexity index is 526. The highest BCUT2D eigenvalue weighted by molar-refractivity contribution is 5.80. The number of nitrogens with one attached hydrogen (secondary N) is 2. The first-order valence-corrected chi connectivity index (χ1v) is 9.38. The van der Waals surface area contributed by atoms with Gasteiger partial charge >= 0.3 is 0 Å². The molecule has 2 N–H and O–H groups in total. The van der Waals surface area contributed by atoms with Crippen molar-refractivity contribution >= 4 is 5.96 Å². The molecule has 0 amide bonds. The predicted molar refractivity (Wildman–Crippen MR) is 103 cm³/mol. The third-order valence-corrected chi connectivity index (χ3v) is 4.67. The van der Waals surface area contributed by atoms with E-state index in [0.29, 0.717) is 6.04 Å². The molecule has 0 bridgehead atoms. The molecule has 0 aliphatic carbocycles. The van der Waals surface area contributed by atoms with Crippen LogP contribution in [0.15, 0.2) is 23.5 Å². The lowest BCUT2D eigenvalue weighted by molar-refractivity contribution is 0.128. The smallest absolute Gasteiger partial charge is 0.191 e. The number of ether oxygens (including phenoxy) is 1. The summed E-state index contributed by atoms with van der Waals surface area (Å²) < 4.78 is 5.17. The number of pyridine rings is 1. The second kappa shape index (κ2) is 11.1. The van der Waals surface area contributed by atoms with Gasteiger partial charge in [-0.3, -0.25) is 9.98 Å². The fourth-order valence-electron chi connectivity index (χ4n) is 3.11. The van der Waals surface area contributed by atoms with Crippen molar-refractivity contribution in [2.45, 2.75) is 39.2 Å². The van der Waals surface area contributed by atoms with Crippen LogP contribution in [0.25, 0.3) is 0 Å². The number of nitrogens with zero attached hydrogens (tertiary/aromatic N) is 3.